The Labute approximate surface area is 86.4 Å². The van der Waals surface area contributed by atoms with Gasteiger partial charge in [-0.3, -0.25) is 0 Å². The number of fused-ring (bicyclic) bond motifs is 2. The van der Waals surface area contributed by atoms with Gasteiger partial charge in [-0.2, -0.15) is 0 Å². The molecule has 0 spiro atoms. The van der Waals surface area contributed by atoms with Crippen LogP contribution in [0, 0.1) is 11.8 Å². The van der Waals surface area contributed by atoms with Crippen LogP contribution < -0.4 is 5.32 Å². The van der Waals surface area contributed by atoms with Crippen molar-refractivity contribution in [1.29, 1.82) is 0 Å². The van der Waals surface area contributed by atoms with Crippen LogP contribution in [-0.2, 0) is 0 Å². The Morgan fingerprint density at radius 3 is 2.79 bits per heavy atom. The third-order valence-electron chi connectivity index (χ3n) is 4.12. The Morgan fingerprint density at radius 1 is 1.29 bits per heavy atom. The molecule has 0 aromatic carbocycles. The minimum atomic E-state index is 0.762. The third kappa shape index (κ3) is 1.51. The zero-order chi connectivity index (χ0) is 9.54. The van der Waals surface area contributed by atoms with Crippen molar-refractivity contribution in [2.75, 3.05) is 20.1 Å². The standard InChI is InChI=1S/C12H20N2/c1-14-5-4-11(8-14)13-12-7-9-2-3-10(12)6-9/h2-3,9-13H,4-8H2,1H3/t9-,10+,11?,12?/m1/s1. The van der Waals surface area contributed by atoms with Gasteiger partial charge in [0, 0.05) is 18.6 Å². The molecule has 2 heteroatoms. The number of nitrogens with zero attached hydrogens (tertiary/aromatic N) is 1. The van der Waals surface area contributed by atoms with Gasteiger partial charge in [0.1, 0.15) is 0 Å². The fourth-order valence-electron chi connectivity index (χ4n) is 3.35. The number of hydrogen-bond acceptors (Lipinski definition) is 2. The van der Waals surface area contributed by atoms with Crippen LogP contribution in [-0.4, -0.2) is 37.1 Å². The lowest BCUT2D eigenvalue weighted by Gasteiger charge is -2.24. The van der Waals surface area contributed by atoms with E-state index in [0.29, 0.717) is 0 Å². The summed E-state index contributed by atoms with van der Waals surface area (Å²) in [5.41, 5.74) is 0. The van der Waals surface area contributed by atoms with E-state index in [0.717, 1.165) is 23.9 Å². The highest BCUT2D eigenvalue weighted by Gasteiger charge is 2.37. The Balaban J connectivity index is 1.56. The van der Waals surface area contributed by atoms with Gasteiger partial charge in [0.25, 0.3) is 0 Å². The fourth-order valence-corrected chi connectivity index (χ4v) is 3.35. The molecule has 14 heavy (non-hydrogen) atoms. The maximum atomic E-state index is 3.85. The predicted molar refractivity (Wildman–Crippen MR) is 58.2 cm³/mol. The molecule has 2 fully saturated rings. The first-order valence-corrected chi connectivity index (χ1v) is 5.94. The molecule has 1 N–H and O–H groups in total. The Morgan fingerprint density at radius 2 is 2.21 bits per heavy atom. The second-order valence-corrected chi connectivity index (χ2v) is 5.30. The van der Waals surface area contributed by atoms with Crippen molar-refractivity contribution in [2.24, 2.45) is 11.8 Å². The van der Waals surface area contributed by atoms with Crippen LogP contribution in [0.5, 0.6) is 0 Å². The number of rotatable bonds is 2. The molecule has 2 aliphatic carbocycles. The molecular weight excluding hydrogens is 172 g/mol. The molecule has 0 radical (unpaired) electrons. The highest BCUT2D eigenvalue weighted by atomic mass is 15.2. The van der Waals surface area contributed by atoms with E-state index < -0.39 is 0 Å². The summed E-state index contributed by atoms with van der Waals surface area (Å²) in [6.07, 6.45) is 9.00. The van der Waals surface area contributed by atoms with Gasteiger partial charge in [0.15, 0.2) is 0 Å². The maximum Gasteiger partial charge on any atom is 0.0209 e. The van der Waals surface area contributed by atoms with E-state index in [1.54, 1.807) is 0 Å². The van der Waals surface area contributed by atoms with E-state index >= 15 is 0 Å². The molecule has 0 aromatic rings. The van der Waals surface area contributed by atoms with Crippen molar-refractivity contribution < 1.29 is 0 Å². The zero-order valence-electron chi connectivity index (χ0n) is 8.95. The van der Waals surface area contributed by atoms with Crippen molar-refractivity contribution in [3.8, 4) is 0 Å². The van der Waals surface area contributed by atoms with E-state index in [2.05, 4.69) is 29.4 Å². The molecule has 1 saturated carbocycles. The van der Waals surface area contributed by atoms with Crippen LogP contribution in [0.3, 0.4) is 0 Å². The number of likely N-dealkylation sites (N-methyl/N-ethyl adjacent to an activating group) is 1. The molecule has 1 aliphatic heterocycles. The van der Waals surface area contributed by atoms with E-state index in [1.165, 1.54) is 32.4 Å². The number of hydrogen-bond donors (Lipinski definition) is 1. The van der Waals surface area contributed by atoms with E-state index in [9.17, 15) is 0 Å². The van der Waals surface area contributed by atoms with Gasteiger partial charge >= 0.3 is 0 Å². The molecular formula is C12H20N2. The average molecular weight is 192 g/mol. The van der Waals surface area contributed by atoms with Gasteiger partial charge in [0.2, 0.25) is 0 Å². The van der Waals surface area contributed by atoms with E-state index in [-0.39, 0.29) is 0 Å². The summed E-state index contributed by atoms with van der Waals surface area (Å²) in [6.45, 7) is 2.52. The summed E-state index contributed by atoms with van der Waals surface area (Å²) in [7, 11) is 2.22. The van der Waals surface area contributed by atoms with Gasteiger partial charge in [-0.05, 0) is 44.7 Å². The van der Waals surface area contributed by atoms with Gasteiger partial charge in [-0.15, -0.1) is 0 Å². The molecule has 1 heterocycles. The number of allylic oxidation sites excluding steroid dienone is 1. The normalized spacial score (nSPS) is 46.6. The molecule has 2 unspecified atom stereocenters. The second-order valence-electron chi connectivity index (χ2n) is 5.30. The zero-order valence-corrected chi connectivity index (χ0v) is 8.95. The average Bonchev–Trinajstić information content (AvgIpc) is 2.82. The quantitative estimate of drug-likeness (QED) is 0.662. The van der Waals surface area contributed by atoms with Crippen LogP contribution in [0.2, 0.25) is 0 Å². The fraction of sp³-hybridized carbons (Fsp3) is 0.833. The molecule has 78 valence electrons. The summed E-state index contributed by atoms with van der Waals surface area (Å²) in [5.74, 6) is 1.75. The van der Waals surface area contributed by atoms with Crippen molar-refractivity contribution in [3.05, 3.63) is 12.2 Å². The highest BCUT2D eigenvalue weighted by Crippen LogP contribution is 2.39. The van der Waals surface area contributed by atoms with Crippen LogP contribution in [0.15, 0.2) is 12.2 Å². The SMILES string of the molecule is CN1CCC(NC2C[C@@H]3C=C[C@H]2C3)C1. The Kier molecular flexibility index (Phi) is 2.14. The topological polar surface area (TPSA) is 15.3 Å². The second kappa shape index (κ2) is 3.35. The first-order valence-electron chi connectivity index (χ1n) is 5.94. The van der Waals surface area contributed by atoms with Crippen molar-refractivity contribution >= 4 is 0 Å². The van der Waals surface area contributed by atoms with Crippen molar-refractivity contribution in [1.82, 2.24) is 10.2 Å². The largest absolute Gasteiger partial charge is 0.309 e. The van der Waals surface area contributed by atoms with Gasteiger partial charge < -0.3 is 10.2 Å². The van der Waals surface area contributed by atoms with Crippen LogP contribution in [0.4, 0.5) is 0 Å². The number of nitrogens with one attached hydrogen (secondary N) is 1. The first-order chi connectivity index (χ1) is 6.81. The first kappa shape index (κ1) is 8.93. The molecule has 3 aliphatic rings. The Bertz CT molecular complexity index is 249. The van der Waals surface area contributed by atoms with Crippen LogP contribution in [0.25, 0.3) is 0 Å². The van der Waals surface area contributed by atoms with Crippen molar-refractivity contribution in [2.45, 2.75) is 31.3 Å². The van der Waals surface area contributed by atoms with Crippen LogP contribution in [0.1, 0.15) is 19.3 Å². The monoisotopic (exact) mass is 192 g/mol. The summed E-state index contributed by atoms with van der Waals surface area (Å²) in [6, 6.07) is 1.55. The predicted octanol–water partition coefficient (Wildman–Crippen LogP) is 1.24. The molecule has 0 aromatic heterocycles. The lowest BCUT2D eigenvalue weighted by Crippen LogP contribution is -2.41. The highest BCUT2D eigenvalue weighted by molar-refractivity contribution is 5.13. The Hall–Kier alpha value is -0.340. The summed E-state index contributed by atoms with van der Waals surface area (Å²) < 4.78 is 0. The van der Waals surface area contributed by atoms with Gasteiger partial charge in [-0.25, -0.2) is 0 Å². The minimum Gasteiger partial charge on any atom is -0.309 e. The molecule has 3 rings (SSSR count). The molecule has 4 atom stereocenters. The van der Waals surface area contributed by atoms with Gasteiger partial charge in [0.05, 0.1) is 0 Å². The molecule has 1 saturated heterocycles. The maximum absolute atomic E-state index is 3.85. The van der Waals surface area contributed by atoms with Gasteiger partial charge in [-0.1, -0.05) is 12.2 Å². The lowest BCUT2D eigenvalue weighted by molar-refractivity contribution is 0.361. The smallest absolute Gasteiger partial charge is 0.0209 e. The molecule has 0 amide bonds. The van der Waals surface area contributed by atoms with Crippen molar-refractivity contribution in [3.63, 3.8) is 0 Å². The lowest BCUT2D eigenvalue weighted by atomic mass is 10.0. The van der Waals surface area contributed by atoms with E-state index in [4.69, 9.17) is 0 Å². The molecule has 2 bridgehead atoms. The minimum absolute atomic E-state index is 0.762. The summed E-state index contributed by atoms with van der Waals surface area (Å²) in [5, 5.41) is 3.85. The molecule has 2 nitrogen and oxygen atoms in total. The number of likely N-dealkylation sites (tertiary alicyclic amines) is 1. The third-order valence-corrected chi connectivity index (χ3v) is 4.12. The van der Waals surface area contributed by atoms with E-state index in [1.807, 2.05) is 0 Å². The summed E-state index contributed by atoms with van der Waals surface area (Å²) in [4.78, 5) is 2.43. The van der Waals surface area contributed by atoms with Crippen LogP contribution >= 0.6 is 0 Å². The summed E-state index contributed by atoms with van der Waals surface area (Å²) >= 11 is 0.